The number of rotatable bonds is 6. The van der Waals surface area contributed by atoms with E-state index in [1.54, 1.807) is 11.3 Å². The van der Waals surface area contributed by atoms with Gasteiger partial charge in [0.05, 0.1) is 24.9 Å². The van der Waals surface area contributed by atoms with E-state index < -0.39 is 6.10 Å². The van der Waals surface area contributed by atoms with Crippen LogP contribution >= 0.6 is 11.3 Å². The Morgan fingerprint density at radius 1 is 1.57 bits per heavy atom. The van der Waals surface area contributed by atoms with Crippen LogP contribution in [0.3, 0.4) is 0 Å². The minimum Gasteiger partial charge on any atom is -0.391 e. The Balaban J connectivity index is 1.45. The second-order valence-electron chi connectivity index (χ2n) is 6.02. The highest BCUT2D eigenvalue weighted by atomic mass is 32.1. The number of β-amino-alcohol motifs (C(OH)–C–C–N with tert-alkyl or cyclic N) is 1. The van der Waals surface area contributed by atoms with E-state index in [-0.39, 0.29) is 11.8 Å². The van der Waals surface area contributed by atoms with Crippen LogP contribution < -0.4 is 5.32 Å². The number of aryl methyl sites for hydroxylation is 1. The molecule has 1 fully saturated rings. The van der Waals surface area contributed by atoms with Gasteiger partial charge in [0.15, 0.2) is 0 Å². The van der Waals surface area contributed by atoms with Crippen molar-refractivity contribution in [3.05, 3.63) is 39.9 Å². The normalized spacial score (nSPS) is 21.7. The summed E-state index contributed by atoms with van der Waals surface area (Å²) in [5, 5.41) is 19.0. The molecule has 23 heavy (non-hydrogen) atoms. The Morgan fingerprint density at radius 2 is 2.43 bits per heavy atom. The minimum atomic E-state index is -0.439. The Kier molecular flexibility index (Phi) is 5.09. The van der Waals surface area contributed by atoms with Gasteiger partial charge in [-0.3, -0.25) is 9.69 Å². The summed E-state index contributed by atoms with van der Waals surface area (Å²) in [6, 6.07) is 5.86. The molecule has 1 aliphatic heterocycles. The van der Waals surface area contributed by atoms with Crippen LogP contribution in [0.2, 0.25) is 0 Å². The Labute approximate surface area is 139 Å². The zero-order chi connectivity index (χ0) is 16.2. The van der Waals surface area contributed by atoms with Crippen LogP contribution in [0.4, 0.5) is 0 Å². The van der Waals surface area contributed by atoms with Gasteiger partial charge in [0.1, 0.15) is 5.76 Å². The molecule has 1 aliphatic rings. The number of carbonyl (C=O) groups is 1. The van der Waals surface area contributed by atoms with Crippen LogP contribution in [-0.4, -0.2) is 46.8 Å². The van der Waals surface area contributed by atoms with Gasteiger partial charge in [-0.05, 0) is 18.4 Å². The highest BCUT2D eigenvalue weighted by molar-refractivity contribution is 7.09. The molecule has 2 N–H and O–H groups in total. The second-order valence-corrected chi connectivity index (χ2v) is 7.05. The van der Waals surface area contributed by atoms with Crippen LogP contribution in [0.15, 0.2) is 28.1 Å². The molecule has 0 aliphatic carbocycles. The van der Waals surface area contributed by atoms with Gasteiger partial charge in [-0.1, -0.05) is 11.2 Å². The van der Waals surface area contributed by atoms with Crippen LogP contribution in [0.5, 0.6) is 0 Å². The molecule has 0 bridgehead atoms. The number of aromatic nitrogens is 1. The fraction of sp³-hybridized carbons (Fsp3) is 0.500. The maximum Gasteiger partial charge on any atom is 0.234 e. The Hall–Kier alpha value is -1.70. The maximum atomic E-state index is 12.0. The topological polar surface area (TPSA) is 78.6 Å². The molecule has 3 heterocycles. The minimum absolute atomic E-state index is 0.0123. The molecular weight excluding hydrogens is 314 g/mol. The largest absolute Gasteiger partial charge is 0.391 e. The Bertz CT molecular complexity index is 641. The average molecular weight is 335 g/mol. The van der Waals surface area contributed by atoms with E-state index in [0.29, 0.717) is 32.6 Å². The first kappa shape index (κ1) is 16.2. The molecular formula is C16H21N3O3S. The number of amides is 1. The lowest BCUT2D eigenvalue weighted by atomic mass is 10.0. The summed E-state index contributed by atoms with van der Waals surface area (Å²) < 4.78 is 5.21. The van der Waals surface area contributed by atoms with Crippen molar-refractivity contribution in [2.24, 2.45) is 5.92 Å². The third-order valence-corrected chi connectivity index (χ3v) is 4.91. The van der Waals surface area contributed by atoms with Gasteiger partial charge in [0.25, 0.3) is 0 Å². The summed E-state index contributed by atoms with van der Waals surface area (Å²) in [7, 11) is 0. The molecule has 0 aromatic carbocycles. The Morgan fingerprint density at radius 3 is 3.13 bits per heavy atom. The van der Waals surface area contributed by atoms with Crippen molar-refractivity contribution in [3.63, 3.8) is 0 Å². The van der Waals surface area contributed by atoms with Gasteiger partial charge in [0.2, 0.25) is 5.91 Å². The van der Waals surface area contributed by atoms with Crippen molar-refractivity contribution in [2.45, 2.75) is 26.0 Å². The molecule has 7 heteroatoms. The third-order valence-electron chi connectivity index (χ3n) is 4.03. The smallest absolute Gasteiger partial charge is 0.234 e. The standard InChI is InChI=1S/C16H21N3O3S/c1-11-5-13(22-18-11)6-12-8-19(9-15(12)20)10-16(21)17-7-14-3-2-4-23-14/h2-5,12,15,20H,6-10H2,1H3,(H,17,21)/t12-,15-/m1/s1. The SMILES string of the molecule is Cc1cc(C[C@@H]2CN(CC(=O)NCc3cccs3)C[C@H]2O)on1. The predicted molar refractivity (Wildman–Crippen MR) is 87.0 cm³/mol. The average Bonchev–Trinajstić information content (AvgIpc) is 3.21. The molecule has 2 atom stereocenters. The molecule has 2 aromatic rings. The van der Waals surface area contributed by atoms with Crippen molar-refractivity contribution in [2.75, 3.05) is 19.6 Å². The van der Waals surface area contributed by atoms with Gasteiger partial charge in [-0.15, -0.1) is 11.3 Å². The summed E-state index contributed by atoms with van der Waals surface area (Å²) in [5.41, 5.74) is 0.845. The van der Waals surface area contributed by atoms with E-state index >= 15 is 0 Å². The number of thiophene rings is 1. The van der Waals surface area contributed by atoms with E-state index in [1.165, 1.54) is 0 Å². The van der Waals surface area contributed by atoms with Gasteiger partial charge < -0.3 is 14.9 Å². The summed E-state index contributed by atoms with van der Waals surface area (Å²) in [4.78, 5) is 15.1. The third kappa shape index (κ3) is 4.40. The van der Waals surface area contributed by atoms with Crippen LogP contribution in [0, 0.1) is 12.8 Å². The fourth-order valence-electron chi connectivity index (χ4n) is 2.90. The number of likely N-dealkylation sites (tertiary alicyclic amines) is 1. The van der Waals surface area contributed by atoms with E-state index in [1.807, 2.05) is 35.4 Å². The predicted octanol–water partition coefficient (Wildman–Crippen LogP) is 1.20. The number of aliphatic hydroxyl groups excluding tert-OH is 1. The molecule has 2 aromatic heterocycles. The number of aliphatic hydroxyl groups is 1. The van der Waals surface area contributed by atoms with Gasteiger partial charge in [-0.2, -0.15) is 0 Å². The molecule has 124 valence electrons. The van der Waals surface area contributed by atoms with Gasteiger partial charge in [0, 0.05) is 36.4 Å². The van der Waals surface area contributed by atoms with E-state index in [4.69, 9.17) is 4.52 Å². The first-order valence-electron chi connectivity index (χ1n) is 7.72. The first-order valence-corrected chi connectivity index (χ1v) is 8.60. The van der Waals surface area contributed by atoms with E-state index in [2.05, 4.69) is 10.5 Å². The molecule has 0 unspecified atom stereocenters. The van der Waals surface area contributed by atoms with Gasteiger partial charge in [-0.25, -0.2) is 0 Å². The number of nitrogens with zero attached hydrogens (tertiary/aromatic N) is 2. The highest BCUT2D eigenvalue weighted by Crippen LogP contribution is 2.21. The number of carbonyl (C=O) groups excluding carboxylic acids is 1. The summed E-state index contributed by atoms with van der Waals surface area (Å²) >= 11 is 1.63. The number of hydrogen-bond acceptors (Lipinski definition) is 6. The number of nitrogens with one attached hydrogen (secondary N) is 1. The molecule has 6 nitrogen and oxygen atoms in total. The molecule has 3 rings (SSSR count). The lowest BCUT2D eigenvalue weighted by Crippen LogP contribution is -2.36. The highest BCUT2D eigenvalue weighted by Gasteiger charge is 2.33. The lowest BCUT2D eigenvalue weighted by Gasteiger charge is -2.14. The summed E-state index contributed by atoms with van der Waals surface area (Å²) in [6.07, 6.45) is 0.209. The zero-order valence-corrected chi connectivity index (χ0v) is 13.9. The van der Waals surface area contributed by atoms with Crippen molar-refractivity contribution < 1.29 is 14.4 Å². The quantitative estimate of drug-likeness (QED) is 0.829. The molecule has 0 radical (unpaired) electrons. The van der Waals surface area contributed by atoms with Crippen molar-refractivity contribution in [1.82, 2.24) is 15.4 Å². The fourth-order valence-corrected chi connectivity index (χ4v) is 3.54. The van der Waals surface area contributed by atoms with E-state index in [0.717, 1.165) is 16.3 Å². The summed E-state index contributed by atoms with van der Waals surface area (Å²) in [5.74, 6) is 0.852. The monoisotopic (exact) mass is 335 g/mol. The second kappa shape index (κ2) is 7.25. The molecule has 0 saturated carbocycles. The van der Waals surface area contributed by atoms with Crippen molar-refractivity contribution in [1.29, 1.82) is 0 Å². The number of hydrogen-bond donors (Lipinski definition) is 2. The lowest BCUT2D eigenvalue weighted by molar-refractivity contribution is -0.122. The molecule has 1 amide bonds. The molecule has 0 spiro atoms. The van der Waals surface area contributed by atoms with E-state index in [9.17, 15) is 9.90 Å². The maximum absolute atomic E-state index is 12.0. The van der Waals surface area contributed by atoms with Gasteiger partial charge >= 0.3 is 0 Å². The summed E-state index contributed by atoms with van der Waals surface area (Å²) in [6.45, 7) is 3.96. The van der Waals surface area contributed by atoms with Crippen LogP contribution in [0.25, 0.3) is 0 Å². The molecule has 1 saturated heterocycles. The van der Waals surface area contributed by atoms with Crippen molar-refractivity contribution in [3.8, 4) is 0 Å². The first-order chi connectivity index (χ1) is 11.1. The van der Waals surface area contributed by atoms with Crippen molar-refractivity contribution >= 4 is 17.2 Å². The van der Waals surface area contributed by atoms with Crippen LogP contribution in [0.1, 0.15) is 16.3 Å². The zero-order valence-electron chi connectivity index (χ0n) is 13.1. The van der Waals surface area contributed by atoms with Crippen LogP contribution in [-0.2, 0) is 17.8 Å².